The maximum Gasteiger partial charge on any atom is 0.363 e. The molecule has 1 N–H and O–H groups in total. The number of nitrogens with zero attached hydrogens (tertiary/aromatic N) is 1. The molecule has 0 radical (unpaired) electrons. The van der Waals surface area contributed by atoms with Crippen LogP contribution in [0, 0.1) is 0 Å². The number of benzene rings is 3. The van der Waals surface area contributed by atoms with Gasteiger partial charge in [0.15, 0.2) is 23.8 Å². The van der Waals surface area contributed by atoms with Gasteiger partial charge in [0.1, 0.15) is 0 Å². The lowest BCUT2D eigenvalue weighted by Crippen LogP contribution is -2.20. The number of esters is 2. The van der Waals surface area contributed by atoms with Gasteiger partial charge in [0, 0.05) is 11.3 Å². The van der Waals surface area contributed by atoms with Gasteiger partial charge in [-0.3, -0.25) is 4.79 Å². The fourth-order valence-electron chi connectivity index (χ4n) is 3.31. The summed E-state index contributed by atoms with van der Waals surface area (Å²) in [6.45, 7) is -0.271. The lowest BCUT2D eigenvalue weighted by Gasteiger charge is -2.12. The van der Waals surface area contributed by atoms with Gasteiger partial charge in [-0.15, -0.1) is 0 Å². The summed E-state index contributed by atoms with van der Waals surface area (Å²) in [7, 11) is 2.77. The average Bonchev–Trinajstić information content (AvgIpc) is 3.28. The Kier molecular flexibility index (Phi) is 7.40. The number of rotatable bonds is 8. The van der Waals surface area contributed by atoms with E-state index in [2.05, 4.69) is 15.0 Å². The number of carbonyl (C=O) groups is 3. The van der Waals surface area contributed by atoms with Crippen molar-refractivity contribution in [1.29, 1.82) is 0 Å². The van der Waals surface area contributed by atoms with E-state index in [4.69, 9.17) is 14.2 Å². The number of ether oxygens (including phenoxy) is 4. The van der Waals surface area contributed by atoms with Crippen LogP contribution in [0.25, 0.3) is 6.08 Å². The van der Waals surface area contributed by atoms with Crippen molar-refractivity contribution >= 4 is 35.5 Å². The minimum absolute atomic E-state index is 0.155. The number of anilines is 1. The van der Waals surface area contributed by atoms with Crippen molar-refractivity contribution in [2.24, 2.45) is 4.99 Å². The maximum absolute atomic E-state index is 12.3. The number of methoxy groups -OCH3 is 2. The minimum atomic E-state index is -0.551. The van der Waals surface area contributed by atoms with Gasteiger partial charge >= 0.3 is 11.9 Å². The second-order valence-corrected chi connectivity index (χ2v) is 7.52. The molecule has 0 saturated carbocycles. The first-order chi connectivity index (χ1) is 17.5. The highest BCUT2D eigenvalue weighted by Crippen LogP contribution is 2.30. The lowest BCUT2D eigenvalue weighted by atomic mass is 10.1. The zero-order valence-electron chi connectivity index (χ0n) is 19.5. The summed E-state index contributed by atoms with van der Waals surface area (Å²) in [6, 6.07) is 20.4. The van der Waals surface area contributed by atoms with E-state index >= 15 is 0 Å². The van der Waals surface area contributed by atoms with Crippen molar-refractivity contribution < 1.29 is 33.3 Å². The van der Waals surface area contributed by atoms with Gasteiger partial charge in [0.2, 0.25) is 5.90 Å². The lowest BCUT2D eigenvalue weighted by molar-refractivity contribution is -0.130. The molecule has 3 aromatic carbocycles. The molecule has 1 heterocycles. The van der Waals surface area contributed by atoms with Crippen LogP contribution in [-0.2, 0) is 19.1 Å². The van der Waals surface area contributed by atoms with Crippen LogP contribution >= 0.6 is 0 Å². The smallest absolute Gasteiger partial charge is 0.363 e. The molecule has 0 spiro atoms. The Morgan fingerprint density at radius 1 is 0.972 bits per heavy atom. The highest BCUT2D eigenvalue weighted by atomic mass is 16.6. The maximum atomic E-state index is 12.3. The summed E-state index contributed by atoms with van der Waals surface area (Å²) in [5.74, 6) is -0.452. The molecular weight excluding hydrogens is 464 g/mol. The molecule has 4 rings (SSSR count). The molecule has 0 bridgehead atoms. The Hall–Kier alpha value is -4.92. The Balaban J connectivity index is 1.40. The molecular formula is C27H22N2O7. The molecule has 0 aromatic heterocycles. The van der Waals surface area contributed by atoms with E-state index in [1.807, 2.05) is 18.2 Å². The monoisotopic (exact) mass is 486 g/mol. The minimum Gasteiger partial charge on any atom is -0.493 e. The number of hydrogen-bond acceptors (Lipinski definition) is 8. The van der Waals surface area contributed by atoms with Gasteiger partial charge in [-0.05, 0) is 60.2 Å². The summed E-state index contributed by atoms with van der Waals surface area (Å²) >= 11 is 0. The van der Waals surface area contributed by atoms with Gasteiger partial charge in [0.25, 0.3) is 5.91 Å². The van der Waals surface area contributed by atoms with E-state index in [0.717, 1.165) is 0 Å². The fraction of sp³-hybridized carbons (Fsp3) is 0.111. The third-order valence-electron chi connectivity index (χ3n) is 5.08. The van der Waals surface area contributed by atoms with Crippen LogP contribution in [0.4, 0.5) is 5.69 Å². The van der Waals surface area contributed by atoms with Gasteiger partial charge in [0.05, 0.1) is 19.8 Å². The van der Waals surface area contributed by atoms with Crippen LogP contribution in [0.5, 0.6) is 11.5 Å². The van der Waals surface area contributed by atoms with Crippen LogP contribution < -0.4 is 14.8 Å². The SMILES string of the molecule is COC(=O)c1ccc(NC(=O)COc2ccc(/C=C3/N=C(c4ccccc4)OC3=O)cc2OC)cc1. The Morgan fingerprint density at radius 2 is 1.72 bits per heavy atom. The molecule has 9 heteroatoms. The van der Waals surface area contributed by atoms with Gasteiger partial charge in [-0.2, -0.15) is 0 Å². The highest BCUT2D eigenvalue weighted by Gasteiger charge is 2.24. The van der Waals surface area contributed by atoms with Crippen molar-refractivity contribution in [1.82, 2.24) is 0 Å². The zero-order chi connectivity index (χ0) is 25.5. The van der Waals surface area contributed by atoms with Crippen molar-refractivity contribution in [2.45, 2.75) is 0 Å². The van der Waals surface area contributed by atoms with Gasteiger partial charge in [-0.1, -0.05) is 24.3 Å². The molecule has 1 amide bonds. The molecule has 36 heavy (non-hydrogen) atoms. The van der Waals surface area contributed by atoms with Crippen LogP contribution in [0.2, 0.25) is 0 Å². The molecule has 3 aromatic rings. The quantitative estimate of drug-likeness (QED) is 0.380. The Morgan fingerprint density at radius 3 is 2.42 bits per heavy atom. The summed E-state index contributed by atoms with van der Waals surface area (Å²) in [5.41, 5.74) is 2.37. The molecule has 1 aliphatic heterocycles. The number of carbonyl (C=O) groups excluding carboxylic acids is 3. The number of hydrogen-bond donors (Lipinski definition) is 1. The third-order valence-corrected chi connectivity index (χ3v) is 5.08. The first-order valence-corrected chi connectivity index (χ1v) is 10.8. The van der Waals surface area contributed by atoms with E-state index in [0.29, 0.717) is 33.9 Å². The number of cyclic esters (lactones) is 1. The van der Waals surface area contributed by atoms with Crippen LogP contribution in [0.1, 0.15) is 21.5 Å². The average molecular weight is 486 g/mol. The standard InChI is InChI=1S/C27H22N2O7/c1-33-23-15-17(14-21-27(32)36-25(29-21)18-6-4-3-5-7-18)8-13-22(23)35-16-24(30)28-20-11-9-19(10-12-20)26(31)34-2/h3-15H,16H2,1-2H3,(H,28,30)/b21-14+. The molecule has 0 atom stereocenters. The topological polar surface area (TPSA) is 113 Å². The number of nitrogens with one attached hydrogen (secondary N) is 1. The van der Waals surface area contributed by atoms with E-state index in [9.17, 15) is 14.4 Å². The Bertz CT molecular complexity index is 1350. The third kappa shape index (κ3) is 5.76. The number of aliphatic imine (C=N–C) groups is 1. The van der Waals surface area contributed by atoms with Crippen molar-refractivity contribution in [3.05, 3.63) is 95.2 Å². The van der Waals surface area contributed by atoms with Crippen molar-refractivity contribution in [3.8, 4) is 11.5 Å². The van der Waals surface area contributed by atoms with E-state index in [-0.39, 0.29) is 18.2 Å². The highest BCUT2D eigenvalue weighted by molar-refractivity contribution is 6.12. The number of amides is 1. The fourth-order valence-corrected chi connectivity index (χ4v) is 3.31. The molecule has 1 aliphatic rings. The summed E-state index contributed by atoms with van der Waals surface area (Å²) in [6.07, 6.45) is 1.58. The largest absolute Gasteiger partial charge is 0.493 e. The zero-order valence-corrected chi connectivity index (χ0v) is 19.5. The Labute approximate surface area is 207 Å². The van der Waals surface area contributed by atoms with E-state index in [1.54, 1.807) is 60.7 Å². The van der Waals surface area contributed by atoms with Crippen LogP contribution in [0.3, 0.4) is 0 Å². The molecule has 182 valence electrons. The molecule has 0 aliphatic carbocycles. The summed E-state index contributed by atoms with van der Waals surface area (Å²) in [5, 5.41) is 2.68. The van der Waals surface area contributed by atoms with Crippen molar-refractivity contribution in [3.63, 3.8) is 0 Å². The first-order valence-electron chi connectivity index (χ1n) is 10.8. The van der Waals surface area contributed by atoms with E-state index in [1.165, 1.54) is 14.2 Å². The van der Waals surface area contributed by atoms with Crippen molar-refractivity contribution in [2.75, 3.05) is 26.1 Å². The molecule has 0 unspecified atom stereocenters. The van der Waals surface area contributed by atoms with Gasteiger partial charge in [-0.25, -0.2) is 14.6 Å². The molecule has 0 fully saturated rings. The summed E-state index contributed by atoms with van der Waals surface area (Å²) < 4.78 is 20.9. The van der Waals surface area contributed by atoms with Crippen LogP contribution in [-0.4, -0.2) is 44.6 Å². The second kappa shape index (κ2) is 11.0. The molecule has 0 saturated heterocycles. The van der Waals surface area contributed by atoms with Crippen LogP contribution in [0.15, 0.2) is 83.5 Å². The summed E-state index contributed by atoms with van der Waals surface area (Å²) in [4.78, 5) is 40.3. The second-order valence-electron chi connectivity index (χ2n) is 7.52. The predicted octanol–water partition coefficient (Wildman–Crippen LogP) is 3.84. The first kappa shape index (κ1) is 24.2. The normalized spacial score (nSPS) is 13.6. The molecule has 9 nitrogen and oxygen atoms in total. The van der Waals surface area contributed by atoms with E-state index < -0.39 is 17.8 Å². The van der Waals surface area contributed by atoms with Gasteiger partial charge < -0.3 is 24.3 Å². The predicted molar refractivity (Wildman–Crippen MR) is 132 cm³/mol.